The van der Waals surface area contributed by atoms with Crippen molar-refractivity contribution in [3.05, 3.63) is 52.0 Å². The van der Waals surface area contributed by atoms with Crippen LogP contribution in [-0.4, -0.2) is 16.6 Å². The molecule has 2 atom stereocenters. The third-order valence-electron chi connectivity index (χ3n) is 2.90. The lowest BCUT2D eigenvalue weighted by Gasteiger charge is -2.16. The Morgan fingerprint density at radius 1 is 1.33 bits per heavy atom. The predicted octanol–water partition coefficient (Wildman–Crippen LogP) is 2.84. The predicted molar refractivity (Wildman–Crippen MR) is 74.7 cm³/mol. The smallest absolute Gasteiger partial charge is 0.109 e. The number of aliphatic hydroxyl groups is 1. The lowest BCUT2D eigenvalue weighted by atomic mass is 10.1. The van der Waals surface area contributed by atoms with Crippen LogP contribution in [-0.2, 0) is 0 Å². The van der Waals surface area contributed by atoms with E-state index in [1.807, 2.05) is 36.6 Å². The van der Waals surface area contributed by atoms with Gasteiger partial charge in [-0.15, -0.1) is 11.3 Å². The van der Waals surface area contributed by atoms with Crippen molar-refractivity contribution in [3.8, 4) is 0 Å². The van der Waals surface area contributed by atoms with Crippen molar-refractivity contribution in [3.63, 3.8) is 0 Å². The van der Waals surface area contributed by atoms with E-state index in [0.717, 1.165) is 10.6 Å². The van der Waals surface area contributed by atoms with Gasteiger partial charge in [0.15, 0.2) is 0 Å². The summed E-state index contributed by atoms with van der Waals surface area (Å²) in [6.07, 6.45) is 1.32. The molecule has 18 heavy (non-hydrogen) atoms. The van der Waals surface area contributed by atoms with Gasteiger partial charge >= 0.3 is 0 Å². The average Bonchev–Trinajstić information content (AvgIpc) is 2.90. The number of thiazole rings is 1. The Balaban J connectivity index is 1.88. The van der Waals surface area contributed by atoms with Gasteiger partial charge in [0.25, 0.3) is 0 Å². The zero-order chi connectivity index (χ0) is 13.0. The number of rotatable bonds is 5. The first-order valence-electron chi connectivity index (χ1n) is 6.04. The van der Waals surface area contributed by atoms with Gasteiger partial charge in [-0.2, -0.15) is 0 Å². The minimum Gasteiger partial charge on any atom is -0.387 e. The molecule has 0 aliphatic carbocycles. The van der Waals surface area contributed by atoms with Crippen LogP contribution in [0.3, 0.4) is 0 Å². The van der Waals surface area contributed by atoms with Gasteiger partial charge in [0.05, 0.1) is 12.1 Å². The Labute approximate surface area is 112 Å². The molecule has 0 spiro atoms. The molecule has 0 aliphatic heterocycles. The summed E-state index contributed by atoms with van der Waals surface area (Å²) in [4.78, 5) is 4.25. The average molecular weight is 262 g/mol. The SMILES string of the molecule is Cc1ccc(C(O)CNC(C)c2nccs2)cc1. The number of aliphatic hydroxyl groups excluding tert-OH is 1. The maximum Gasteiger partial charge on any atom is 0.109 e. The summed E-state index contributed by atoms with van der Waals surface area (Å²) in [7, 11) is 0. The Morgan fingerprint density at radius 2 is 2.06 bits per heavy atom. The first-order chi connectivity index (χ1) is 8.66. The molecule has 1 aromatic heterocycles. The number of benzene rings is 1. The van der Waals surface area contributed by atoms with Crippen molar-refractivity contribution >= 4 is 11.3 Å². The van der Waals surface area contributed by atoms with Gasteiger partial charge in [-0.1, -0.05) is 29.8 Å². The molecule has 2 rings (SSSR count). The molecule has 0 fully saturated rings. The molecule has 0 saturated heterocycles. The van der Waals surface area contributed by atoms with Crippen molar-refractivity contribution < 1.29 is 5.11 Å². The van der Waals surface area contributed by atoms with E-state index in [0.29, 0.717) is 6.54 Å². The standard InChI is InChI=1S/C14H18N2OS/c1-10-3-5-12(6-4-10)13(17)9-16-11(2)14-15-7-8-18-14/h3-8,11,13,16-17H,9H2,1-2H3. The molecule has 0 saturated carbocycles. The van der Waals surface area contributed by atoms with E-state index >= 15 is 0 Å². The normalized spacial score (nSPS) is 14.4. The second kappa shape index (κ2) is 6.09. The monoisotopic (exact) mass is 262 g/mol. The summed E-state index contributed by atoms with van der Waals surface area (Å²) < 4.78 is 0. The Hall–Kier alpha value is -1.23. The summed E-state index contributed by atoms with van der Waals surface area (Å²) in [5.74, 6) is 0. The molecule has 2 N–H and O–H groups in total. The van der Waals surface area contributed by atoms with E-state index in [9.17, 15) is 5.11 Å². The van der Waals surface area contributed by atoms with Crippen molar-refractivity contribution in [1.29, 1.82) is 0 Å². The van der Waals surface area contributed by atoms with Crippen LogP contribution in [0.25, 0.3) is 0 Å². The van der Waals surface area contributed by atoms with Gasteiger partial charge in [-0.25, -0.2) is 4.98 Å². The Kier molecular flexibility index (Phi) is 4.47. The molecular weight excluding hydrogens is 244 g/mol. The van der Waals surface area contributed by atoms with Gasteiger partial charge in [-0.05, 0) is 19.4 Å². The summed E-state index contributed by atoms with van der Waals surface area (Å²) in [6.45, 7) is 4.63. The number of hydrogen-bond acceptors (Lipinski definition) is 4. The maximum absolute atomic E-state index is 10.1. The molecule has 0 aliphatic rings. The molecule has 2 aromatic rings. The molecule has 0 radical (unpaired) electrons. The Bertz CT molecular complexity index is 467. The van der Waals surface area contributed by atoms with Crippen LogP contribution < -0.4 is 5.32 Å². The second-order valence-electron chi connectivity index (χ2n) is 4.43. The van der Waals surface area contributed by atoms with Crippen LogP contribution in [0.4, 0.5) is 0 Å². The van der Waals surface area contributed by atoms with Crippen molar-refractivity contribution in [2.24, 2.45) is 0 Å². The van der Waals surface area contributed by atoms with Crippen molar-refractivity contribution in [2.45, 2.75) is 26.0 Å². The fourth-order valence-corrected chi connectivity index (χ4v) is 2.40. The quantitative estimate of drug-likeness (QED) is 0.871. The summed E-state index contributed by atoms with van der Waals surface area (Å²) >= 11 is 1.63. The number of nitrogens with one attached hydrogen (secondary N) is 1. The topological polar surface area (TPSA) is 45.1 Å². The van der Waals surface area contributed by atoms with E-state index < -0.39 is 6.10 Å². The van der Waals surface area contributed by atoms with Gasteiger partial charge in [0, 0.05) is 18.1 Å². The molecule has 96 valence electrons. The van der Waals surface area contributed by atoms with Gasteiger partial charge < -0.3 is 10.4 Å². The zero-order valence-corrected chi connectivity index (χ0v) is 11.4. The van der Waals surface area contributed by atoms with Crippen LogP contribution in [0.2, 0.25) is 0 Å². The zero-order valence-electron chi connectivity index (χ0n) is 10.6. The van der Waals surface area contributed by atoms with Crippen LogP contribution >= 0.6 is 11.3 Å². The molecule has 0 amide bonds. The van der Waals surface area contributed by atoms with Gasteiger partial charge in [0.2, 0.25) is 0 Å². The van der Waals surface area contributed by atoms with Crippen molar-refractivity contribution in [2.75, 3.05) is 6.54 Å². The highest BCUT2D eigenvalue weighted by molar-refractivity contribution is 7.09. The third kappa shape index (κ3) is 3.38. The highest BCUT2D eigenvalue weighted by Gasteiger charge is 2.11. The first kappa shape index (κ1) is 13.2. The van der Waals surface area contributed by atoms with Crippen LogP contribution in [0.5, 0.6) is 0 Å². The van der Waals surface area contributed by atoms with Crippen LogP contribution in [0.1, 0.15) is 35.2 Å². The fourth-order valence-electron chi connectivity index (χ4n) is 1.73. The van der Waals surface area contributed by atoms with Crippen LogP contribution in [0, 0.1) is 6.92 Å². The van der Waals surface area contributed by atoms with Gasteiger partial charge in [-0.3, -0.25) is 0 Å². The lowest BCUT2D eigenvalue weighted by molar-refractivity contribution is 0.171. The molecule has 3 nitrogen and oxygen atoms in total. The number of aromatic nitrogens is 1. The largest absolute Gasteiger partial charge is 0.387 e. The number of hydrogen-bond donors (Lipinski definition) is 2. The van der Waals surface area contributed by atoms with Gasteiger partial charge in [0.1, 0.15) is 5.01 Å². The van der Waals surface area contributed by atoms with E-state index in [-0.39, 0.29) is 6.04 Å². The highest BCUT2D eigenvalue weighted by Crippen LogP contribution is 2.17. The lowest BCUT2D eigenvalue weighted by Crippen LogP contribution is -2.24. The summed E-state index contributed by atoms with van der Waals surface area (Å²) in [6, 6.07) is 8.14. The minimum atomic E-state index is -0.479. The number of nitrogens with zero attached hydrogens (tertiary/aromatic N) is 1. The number of aryl methyl sites for hydroxylation is 1. The van der Waals surface area contributed by atoms with E-state index in [4.69, 9.17) is 0 Å². The van der Waals surface area contributed by atoms with E-state index in [1.165, 1.54) is 5.56 Å². The minimum absolute atomic E-state index is 0.171. The molecule has 2 unspecified atom stereocenters. The highest BCUT2D eigenvalue weighted by atomic mass is 32.1. The fraction of sp³-hybridized carbons (Fsp3) is 0.357. The summed E-state index contributed by atoms with van der Waals surface area (Å²) in [5, 5.41) is 16.4. The summed E-state index contributed by atoms with van der Waals surface area (Å²) in [5.41, 5.74) is 2.15. The third-order valence-corrected chi connectivity index (χ3v) is 3.86. The molecular formula is C14H18N2OS. The van der Waals surface area contributed by atoms with E-state index in [2.05, 4.69) is 17.2 Å². The molecule has 1 aromatic carbocycles. The van der Waals surface area contributed by atoms with Crippen molar-refractivity contribution in [1.82, 2.24) is 10.3 Å². The second-order valence-corrected chi connectivity index (χ2v) is 5.35. The first-order valence-corrected chi connectivity index (χ1v) is 6.92. The van der Waals surface area contributed by atoms with E-state index in [1.54, 1.807) is 17.5 Å². The molecule has 4 heteroatoms. The Morgan fingerprint density at radius 3 is 2.67 bits per heavy atom. The molecule has 0 bridgehead atoms. The van der Waals surface area contributed by atoms with Crippen LogP contribution in [0.15, 0.2) is 35.8 Å². The maximum atomic E-state index is 10.1. The molecule has 1 heterocycles.